The predicted octanol–water partition coefficient (Wildman–Crippen LogP) is 3.07. The standard InChI is InChI=1S/C18H17FN4O2S/c1-9-15(23-8-10(19)6-7-13(23)21-9)17(25)22-18-14(16(20)24)11-4-2-3-5-12(11)26-18/h6-8H,2-5H2,1H3,(H2,20,24)(H,22,25). The summed E-state index contributed by atoms with van der Waals surface area (Å²) >= 11 is 1.39. The number of carbonyl (C=O) groups excluding carboxylic acids is 2. The summed E-state index contributed by atoms with van der Waals surface area (Å²) in [5, 5.41) is 3.26. The van der Waals surface area contributed by atoms with E-state index >= 15 is 0 Å². The van der Waals surface area contributed by atoms with E-state index in [9.17, 15) is 14.0 Å². The van der Waals surface area contributed by atoms with Gasteiger partial charge in [0.25, 0.3) is 11.8 Å². The maximum atomic E-state index is 13.6. The topological polar surface area (TPSA) is 89.5 Å². The lowest BCUT2D eigenvalue weighted by molar-refractivity contribution is 0.100. The number of carbonyl (C=O) groups is 2. The van der Waals surface area contributed by atoms with Gasteiger partial charge in [0.15, 0.2) is 0 Å². The van der Waals surface area contributed by atoms with Crippen molar-refractivity contribution in [3.8, 4) is 0 Å². The van der Waals surface area contributed by atoms with Crippen LogP contribution in [0.25, 0.3) is 5.65 Å². The third-order valence-corrected chi connectivity index (χ3v) is 5.82. The van der Waals surface area contributed by atoms with Crippen molar-refractivity contribution in [2.75, 3.05) is 5.32 Å². The molecule has 0 bridgehead atoms. The number of aromatic nitrogens is 2. The second-order valence-electron chi connectivity index (χ2n) is 6.35. The highest BCUT2D eigenvalue weighted by Crippen LogP contribution is 2.38. The largest absolute Gasteiger partial charge is 0.365 e. The minimum Gasteiger partial charge on any atom is -0.365 e. The lowest BCUT2D eigenvalue weighted by Crippen LogP contribution is -2.20. The second kappa shape index (κ2) is 6.21. The first kappa shape index (κ1) is 16.7. The number of primary amides is 1. The van der Waals surface area contributed by atoms with Crippen LogP contribution in [0.5, 0.6) is 0 Å². The highest BCUT2D eigenvalue weighted by Gasteiger charge is 2.26. The summed E-state index contributed by atoms with van der Waals surface area (Å²) in [6.45, 7) is 1.69. The van der Waals surface area contributed by atoms with Crippen LogP contribution in [0.15, 0.2) is 18.3 Å². The fraction of sp³-hybridized carbons (Fsp3) is 0.278. The molecular weight excluding hydrogens is 355 g/mol. The second-order valence-corrected chi connectivity index (χ2v) is 7.46. The molecule has 0 aromatic carbocycles. The molecule has 0 radical (unpaired) electrons. The van der Waals surface area contributed by atoms with E-state index in [1.807, 2.05) is 0 Å². The van der Waals surface area contributed by atoms with Gasteiger partial charge in [0.2, 0.25) is 0 Å². The van der Waals surface area contributed by atoms with Gasteiger partial charge >= 0.3 is 0 Å². The summed E-state index contributed by atoms with van der Waals surface area (Å²) < 4.78 is 15.0. The first-order valence-electron chi connectivity index (χ1n) is 8.35. The average molecular weight is 372 g/mol. The van der Waals surface area contributed by atoms with E-state index in [0.29, 0.717) is 21.9 Å². The Morgan fingerprint density at radius 1 is 1.31 bits per heavy atom. The number of hydrogen-bond donors (Lipinski definition) is 2. The summed E-state index contributed by atoms with van der Waals surface area (Å²) in [5.41, 5.74) is 8.11. The van der Waals surface area contributed by atoms with Crippen LogP contribution in [0.1, 0.15) is 49.8 Å². The number of amides is 2. The third-order valence-electron chi connectivity index (χ3n) is 4.62. The van der Waals surface area contributed by atoms with Crippen molar-refractivity contribution < 1.29 is 14.0 Å². The van der Waals surface area contributed by atoms with Gasteiger partial charge in [0.05, 0.1) is 11.3 Å². The third kappa shape index (κ3) is 2.66. The lowest BCUT2D eigenvalue weighted by Gasteiger charge is -2.11. The average Bonchev–Trinajstić information content (AvgIpc) is 3.10. The maximum absolute atomic E-state index is 13.6. The van der Waals surface area contributed by atoms with Crippen molar-refractivity contribution >= 4 is 33.8 Å². The van der Waals surface area contributed by atoms with E-state index in [2.05, 4.69) is 10.3 Å². The Morgan fingerprint density at radius 3 is 2.85 bits per heavy atom. The fourth-order valence-electron chi connectivity index (χ4n) is 3.49. The van der Waals surface area contributed by atoms with Crippen LogP contribution in [0.2, 0.25) is 0 Å². The Hall–Kier alpha value is -2.74. The zero-order valence-electron chi connectivity index (χ0n) is 14.1. The van der Waals surface area contributed by atoms with Crippen LogP contribution >= 0.6 is 11.3 Å². The van der Waals surface area contributed by atoms with Gasteiger partial charge < -0.3 is 11.1 Å². The minimum atomic E-state index is -0.541. The van der Waals surface area contributed by atoms with Gasteiger partial charge in [-0.05, 0) is 50.3 Å². The van der Waals surface area contributed by atoms with Gasteiger partial charge in [0, 0.05) is 11.1 Å². The van der Waals surface area contributed by atoms with E-state index in [4.69, 9.17) is 5.73 Å². The Labute approximate surface area is 152 Å². The molecule has 0 saturated heterocycles. The summed E-state index contributed by atoms with van der Waals surface area (Å²) in [6.07, 6.45) is 4.96. The van der Waals surface area contributed by atoms with Crippen molar-refractivity contribution in [1.82, 2.24) is 9.38 Å². The van der Waals surface area contributed by atoms with Crippen LogP contribution in [0.4, 0.5) is 9.39 Å². The fourth-order valence-corrected chi connectivity index (χ4v) is 4.78. The van der Waals surface area contributed by atoms with Gasteiger partial charge in [-0.2, -0.15) is 0 Å². The first-order valence-corrected chi connectivity index (χ1v) is 9.17. The van der Waals surface area contributed by atoms with E-state index in [1.165, 1.54) is 34.1 Å². The number of imidazole rings is 1. The molecule has 0 fully saturated rings. The molecule has 3 aromatic heterocycles. The quantitative estimate of drug-likeness (QED) is 0.740. The van der Waals surface area contributed by atoms with Gasteiger partial charge in [-0.25, -0.2) is 9.37 Å². The molecule has 134 valence electrons. The molecule has 2 amide bonds. The molecule has 3 heterocycles. The molecule has 1 aliphatic carbocycles. The molecule has 4 rings (SSSR count). The summed E-state index contributed by atoms with van der Waals surface area (Å²) in [5.74, 6) is -1.45. The lowest BCUT2D eigenvalue weighted by atomic mass is 9.95. The number of nitrogens with one attached hydrogen (secondary N) is 1. The van der Waals surface area contributed by atoms with Crippen molar-refractivity contribution in [2.45, 2.75) is 32.6 Å². The van der Waals surface area contributed by atoms with Gasteiger partial charge in [-0.3, -0.25) is 14.0 Å². The molecular formula is C18H17FN4O2S. The highest BCUT2D eigenvalue weighted by atomic mass is 32.1. The highest BCUT2D eigenvalue weighted by molar-refractivity contribution is 7.17. The number of aryl methyl sites for hydroxylation is 2. The number of fused-ring (bicyclic) bond motifs is 2. The normalized spacial score (nSPS) is 13.6. The van der Waals surface area contributed by atoms with Crippen LogP contribution in [-0.2, 0) is 12.8 Å². The monoisotopic (exact) mass is 372 g/mol. The minimum absolute atomic E-state index is 0.237. The van der Waals surface area contributed by atoms with Crippen molar-refractivity contribution in [2.24, 2.45) is 5.73 Å². The number of thiophene rings is 1. The Balaban J connectivity index is 1.76. The number of pyridine rings is 1. The van der Waals surface area contributed by atoms with Crippen molar-refractivity contribution in [1.29, 1.82) is 0 Å². The molecule has 3 N–H and O–H groups in total. The molecule has 8 heteroatoms. The zero-order chi connectivity index (χ0) is 18.4. The summed E-state index contributed by atoms with van der Waals surface area (Å²) in [4.78, 5) is 30.2. The molecule has 26 heavy (non-hydrogen) atoms. The number of nitrogens with two attached hydrogens (primary N) is 1. The predicted molar refractivity (Wildman–Crippen MR) is 97.3 cm³/mol. The van der Waals surface area contributed by atoms with Crippen molar-refractivity contribution in [3.63, 3.8) is 0 Å². The molecule has 0 spiro atoms. The maximum Gasteiger partial charge on any atom is 0.275 e. The number of anilines is 1. The van der Waals surface area contributed by atoms with E-state index in [0.717, 1.165) is 36.1 Å². The molecule has 0 unspecified atom stereocenters. The Morgan fingerprint density at radius 2 is 2.08 bits per heavy atom. The number of hydrogen-bond acceptors (Lipinski definition) is 4. The smallest absolute Gasteiger partial charge is 0.275 e. The number of nitrogens with zero attached hydrogens (tertiary/aromatic N) is 2. The van der Waals surface area contributed by atoms with Crippen LogP contribution in [0, 0.1) is 12.7 Å². The van der Waals surface area contributed by atoms with Crippen LogP contribution in [0.3, 0.4) is 0 Å². The van der Waals surface area contributed by atoms with Crippen molar-refractivity contribution in [3.05, 3.63) is 51.5 Å². The zero-order valence-corrected chi connectivity index (χ0v) is 15.0. The Bertz CT molecular complexity index is 1050. The van der Waals surface area contributed by atoms with Crippen LogP contribution < -0.4 is 11.1 Å². The van der Waals surface area contributed by atoms with Gasteiger partial charge in [-0.15, -0.1) is 11.3 Å². The molecule has 6 nitrogen and oxygen atoms in total. The SMILES string of the molecule is Cc1nc2ccc(F)cn2c1C(=O)Nc1sc2c(c1C(N)=O)CCCC2. The number of halogens is 1. The first-order chi connectivity index (χ1) is 12.5. The molecule has 1 aliphatic rings. The Kier molecular flexibility index (Phi) is 3.99. The number of rotatable bonds is 3. The molecule has 0 atom stereocenters. The summed E-state index contributed by atoms with van der Waals surface area (Å²) in [7, 11) is 0. The summed E-state index contributed by atoms with van der Waals surface area (Å²) in [6, 6.07) is 2.81. The van der Waals surface area contributed by atoms with E-state index in [1.54, 1.807) is 6.92 Å². The van der Waals surface area contributed by atoms with E-state index < -0.39 is 17.6 Å². The van der Waals surface area contributed by atoms with Gasteiger partial charge in [0.1, 0.15) is 22.2 Å². The van der Waals surface area contributed by atoms with Gasteiger partial charge in [-0.1, -0.05) is 0 Å². The van der Waals surface area contributed by atoms with Crippen LogP contribution in [-0.4, -0.2) is 21.2 Å². The molecule has 0 aliphatic heterocycles. The van der Waals surface area contributed by atoms with E-state index in [-0.39, 0.29) is 5.69 Å². The molecule has 3 aromatic rings. The molecule has 0 saturated carbocycles.